The Morgan fingerprint density at radius 2 is 1.81 bits per heavy atom. The Bertz CT molecular complexity index is 684. The maximum absolute atomic E-state index is 12.5. The number of ether oxygens (including phenoxy) is 1. The zero-order valence-electron chi connectivity index (χ0n) is 12.1. The molecule has 0 amide bonds. The zero-order valence-corrected chi connectivity index (χ0v) is 12.9. The highest BCUT2D eigenvalue weighted by Gasteiger charge is 2.21. The second-order valence-corrected chi connectivity index (χ2v) is 6.75. The summed E-state index contributed by atoms with van der Waals surface area (Å²) in [5.74, 6) is 0.714. The van der Waals surface area contributed by atoms with Crippen LogP contribution in [0.5, 0.6) is 5.75 Å². The van der Waals surface area contributed by atoms with Crippen LogP contribution in [0.25, 0.3) is 0 Å². The molecule has 1 N–H and O–H groups in total. The third-order valence-electron chi connectivity index (χ3n) is 3.33. The van der Waals surface area contributed by atoms with Crippen molar-refractivity contribution in [1.82, 2.24) is 5.32 Å². The number of hydrogen-bond donors (Lipinski definition) is 1. The second-order valence-electron chi connectivity index (χ2n) is 4.71. The average Bonchev–Trinajstić information content (AvgIpc) is 2.53. The van der Waals surface area contributed by atoms with Gasteiger partial charge in [0.05, 0.1) is 17.8 Å². The number of sulfone groups is 1. The summed E-state index contributed by atoms with van der Waals surface area (Å²) in [6, 6.07) is 15.6. The van der Waals surface area contributed by atoms with Gasteiger partial charge in [-0.1, -0.05) is 30.3 Å². The second kappa shape index (κ2) is 6.74. The Kier molecular flexibility index (Phi) is 4.98. The van der Waals surface area contributed by atoms with E-state index < -0.39 is 9.84 Å². The molecule has 0 aromatic heterocycles. The minimum atomic E-state index is -3.34. The summed E-state index contributed by atoms with van der Waals surface area (Å²) in [4.78, 5) is 0.341. The fraction of sp³-hybridized carbons (Fsp3) is 0.250. The third-order valence-corrected chi connectivity index (χ3v) is 5.10. The van der Waals surface area contributed by atoms with Crippen LogP contribution in [-0.4, -0.2) is 28.3 Å². The van der Waals surface area contributed by atoms with Crippen molar-refractivity contribution in [3.8, 4) is 5.75 Å². The molecule has 0 saturated carbocycles. The van der Waals surface area contributed by atoms with Gasteiger partial charge in [-0.15, -0.1) is 0 Å². The van der Waals surface area contributed by atoms with Gasteiger partial charge in [-0.25, -0.2) is 8.42 Å². The van der Waals surface area contributed by atoms with Crippen molar-refractivity contribution in [2.75, 3.05) is 19.9 Å². The highest BCUT2D eigenvalue weighted by Crippen LogP contribution is 2.22. The van der Waals surface area contributed by atoms with Crippen molar-refractivity contribution < 1.29 is 13.2 Å². The van der Waals surface area contributed by atoms with E-state index in [-0.39, 0.29) is 11.8 Å². The van der Waals surface area contributed by atoms with E-state index in [1.807, 2.05) is 24.3 Å². The Morgan fingerprint density at radius 1 is 1.10 bits per heavy atom. The number of benzene rings is 2. The normalized spacial score (nSPS) is 12.9. The van der Waals surface area contributed by atoms with Gasteiger partial charge in [0.1, 0.15) is 5.75 Å². The molecule has 0 aliphatic carbocycles. The summed E-state index contributed by atoms with van der Waals surface area (Å²) >= 11 is 0. The van der Waals surface area contributed by atoms with E-state index >= 15 is 0 Å². The molecular weight excluding hydrogens is 286 g/mol. The lowest BCUT2D eigenvalue weighted by Gasteiger charge is -2.17. The monoisotopic (exact) mass is 305 g/mol. The average molecular weight is 305 g/mol. The third kappa shape index (κ3) is 3.83. The topological polar surface area (TPSA) is 55.4 Å². The Labute approximate surface area is 125 Å². The summed E-state index contributed by atoms with van der Waals surface area (Å²) in [5, 5.41) is 3.06. The molecule has 21 heavy (non-hydrogen) atoms. The molecule has 0 aliphatic rings. The molecule has 2 rings (SSSR count). The Balaban J connectivity index is 2.26. The van der Waals surface area contributed by atoms with Gasteiger partial charge in [-0.2, -0.15) is 0 Å². The Morgan fingerprint density at radius 3 is 2.43 bits per heavy atom. The van der Waals surface area contributed by atoms with E-state index in [4.69, 9.17) is 4.74 Å². The van der Waals surface area contributed by atoms with Gasteiger partial charge in [0.2, 0.25) is 0 Å². The summed E-state index contributed by atoms with van der Waals surface area (Å²) in [6.45, 7) is 0. The number of rotatable bonds is 6. The SMILES string of the molecule is CNC(CS(=O)(=O)c1ccccc1)c1cccc(OC)c1. The highest BCUT2D eigenvalue weighted by atomic mass is 32.2. The Hall–Kier alpha value is -1.85. The summed E-state index contributed by atoms with van der Waals surface area (Å²) in [6.07, 6.45) is 0. The van der Waals surface area contributed by atoms with Crippen molar-refractivity contribution in [2.45, 2.75) is 10.9 Å². The predicted octanol–water partition coefficient (Wildman–Crippen LogP) is 2.43. The van der Waals surface area contributed by atoms with Crippen LogP contribution in [-0.2, 0) is 9.84 Å². The predicted molar refractivity (Wildman–Crippen MR) is 83.3 cm³/mol. The lowest BCUT2D eigenvalue weighted by molar-refractivity contribution is 0.413. The molecule has 4 nitrogen and oxygen atoms in total. The molecule has 0 heterocycles. The maximum Gasteiger partial charge on any atom is 0.180 e. The number of nitrogens with one attached hydrogen (secondary N) is 1. The van der Waals surface area contributed by atoms with Gasteiger partial charge < -0.3 is 10.1 Å². The van der Waals surface area contributed by atoms with Gasteiger partial charge in [0, 0.05) is 6.04 Å². The van der Waals surface area contributed by atoms with E-state index in [0.717, 1.165) is 5.56 Å². The van der Waals surface area contributed by atoms with Crippen molar-refractivity contribution >= 4 is 9.84 Å². The standard InChI is InChI=1S/C16H19NO3S/c1-17-16(13-7-6-8-14(11-13)20-2)12-21(18,19)15-9-4-3-5-10-15/h3-11,16-17H,12H2,1-2H3. The minimum Gasteiger partial charge on any atom is -0.497 e. The highest BCUT2D eigenvalue weighted by molar-refractivity contribution is 7.91. The quantitative estimate of drug-likeness (QED) is 0.890. The first-order valence-corrected chi connectivity index (χ1v) is 8.31. The van der Waals surface area contributed by atoms with E-state index in [9.17, 15) is 8.42 Å². The molecule has 1 unspecified atom stereocenters. The molecule has 0 saturated heterocycles. The molecule has 0 radical (unpaired) electrons. The van der Waals surface area contributed by atoms with Crippen molar-refractivity contribution in [3.63, 3.8) is 0 Å². The molecule has 0 bridgehead atoms. The van der Waals surface area contributed by atoms with Crippen LogP contribution in [0.3, 0.4) is 0 Å². The van der Waals surface area contributed by atoms with Crippen molar-refractivity contribution in [3.05, 3.63) is 60.2 Å². The smallest absolute Gasteiger partial charge is 0.180 e. The first kappa shape index (κ1) is 15.5. The van der Waals surface area contributed by atoms with Crippen LogP contribution in [0.15, 0.2) is 59.5 Å². The first-order chi connectivity index (χ1) is 10.1. The van der Waals surface area contributed by atoms with Gasteiger partial charge in [0.15, 0.2) is 9.84 Å². The first-order valence-electron chi connectivity index (χ1n) is 6.66. The van der Waals surface area contributed by atoms with Crippen LogP contribution in [0.1, 0.15) is 11.6 Å². The lowest BCUT2D eigenvalue weighted by atomic mass is 10.1. The van der Waals surface area contributed by atoms with E-state index in [2.05, 4.69) is 5.32 Å². The minimum absolute atomic E-state index is 0.000676. The van der Waals surface area contributed by atoms with Crippen LogP contribution >= 0.6 is 0 Å². The fourth-order valence-electron chi connectivity index (χ4n) is 2.15. The van der Waals surface area contributed by atoms with E-state index in [1.165, 1.54) is 0 Å². The molecule has 5 heteroatoms. The summed E-state index contributed by atoms with van der Waals surface area (Å²) in [7, 11) is 0.00346. The summed E-state index contributed by atoms with van der Waals surface area (Å²) < 4.78 is 30.1. The van der Waals surface area contributed by atoms with E-state index in [1.54, 1.807) is 44.5 Å². The molecule has 0 spiro atoms. The van der Waals surface area contributed by atoms with Crippen LogP contribution in [0.4, 0.5) is 0 Å². The summed E-state index contributed by atoms with van der Waals surface area (Å²) in [5.41, 5.74) is 0.886. The number of hydrogen-bond acceptors (Lipinski definition) is 4. The van der Waals surface area contributed by atoms with Crippen LogP contribution in [0.2, 0.25) is 0 Å². The van der Waals surface area contributed by atoms with E-state index in [0.29, 0.717) is 10.6 Å². The molecular formula is C16H19NO3S. The molecule has 0 aliphatic heterocycles. The van der Waals surface area contributed by atoms with Crippen molar-refractivity contribution in [1.29, 1.82) is 0 Å². The van der Waals surface area contributed by atoms with Crippen LogP contribution in [0, 0.1) is 0 Å². The zero-order chi connectivity index (χ0) is 15.3. The van der Waals surface area contributed by atoms with Gasteiger partial charge in [-0.3, -0.25) is 0 Å². The van der Waals surface area contributed by atoms with Gasteiger partial charge in [-0.05, 0) is 36.9 Å². The van der Waals surface area contributed by atoms with Crippen molar-refractivity contribution in [2.24, 2.45) is 0 Å². The molecule has 1 atom stereocenters. The lowest BCUT2D eigenvalue weighted by Crippen LogP contribution is -2.25. The maximum atomic E-state index is 12.5. The van der Waals surface area contributed by atoms with Gasteiger partial charge >= 0.3 is 0 Å². The van der Waals surface area contributed by atoms with Crippen LogP contribution < -0.4 is 10.1 Å². The van der Waals surface area contributed by atoms with Gasteiger partial charge in [0.25, 0.3) is 0 Å². The largest absolute Gasteiger partial charge is 0.497 e. The molecule has 0 fully saturated rings. The fourth-order valence-corrected chi connectivity index (χ4v) is 3.71. The molecule has 2 aromatic carbocycles. The molecule has 112 valence electrons. The number of methoxy groups -OCH3 is 1. The molecule has 2 aromatic rings.